The van der Waals surface area contributed by atoms with Gasteiger partial charge in [0.25, 0.3) is 11.5 Å². The van der Waals surface area contributed by atoms with E-state index in [2.05, 4.69) is 4.98 Å². The summed E-state index contributed by atoms with van der Waals surface area (Å²) in [6, 6.07) is 3.36. The van der Waals surface area contributed by atoms with E-state index in [1.54, 1.807) is 34.0 Å². The molecule has 0 spiro atoms. The summed E-state index contributed by atoms with van der Waals surface area (Å²) in [5.41, 5.74) is -0.0872. The number of hydrogen-bond acceptors (Lipinski definition) is 5. The van der Waals surface area contributed by atoms with Crippen molar-refractivity contribution in [2.45, 2.75) is 13.5 Å². The minimum absolute atomic E-state index is 0.0872. The molecule has 3 rings (SSSR count). The van der Waals surface area contributed by atoms with E-state index >= 15 is 0 Å². The number of aromatic nitrogens is 2. The molecule has 0 aromatic carbocycles. The van der Waals surface area contributed by atoms with Crippen molar-refractivity contribution in [3.05, 3.63) is 46.9 Å². The van der Waals surface area contributed by atoms with Crippen molar-refractivity contribution in [1.82, 2.24) is 14.5 Å². The summed E-state index contributed by atoms with van der Waals surface area (Å²) in [7, 11) is 0. The van der Waals surface area contributed by atoms with Crippen molar-refractivity contribution < 1.29 is 9.21 Å². The van der Waals surface area contributed by atoms with Crippen molar-refractivity contribution in [2.75, 3.05) is 31.1 Å². The highest BCUT2D eigenvalue weighted by atomic mass is 16.3. The van der Waals surface area contributed by atoms with Gasteiger partial charge < -0.3 is 18.8 Å². The Morgan fingerprint density at radius 1 is 1.32 bits per heavy atom. The maximum atomic E-state index is 12.3. The van der Waals surface area contributed by atoms with Crippen LogP contribution in [0.4, 0.5) is 5.82 Å². The maximum absolute atomic E-state index is 12.3. The molecule has 0 unspecified atom stereocenters. The van der Waals surface area contributed by atoms with Gasteiger partial charge in [-0.15, -0.1) is 0 Å². The average Bonchev–Trinajstić information content (AvgIpc) is 3.09. The molecule has 2 aromatic rings. The van der Waals surface area contributed by atoms with Crippen molar-refractivity contribution in [3.8, 4) is 0 Å². The molecule has 0 aliphatic carbocycles. The number of amides is 1. The van der Waals surface area contributed by atoms with Crippen molar-refractivity contribution in [1.29, 1.82) is 0 Å². The highest BCUT2D eigenvalue weighted by Crippen LogP contribution is 2.12. The molecule has 1 saturated heterocycles. The smallest absolute Gasteiger partial charge is 0.293 e. The summed E-state index contributed by atoms with van der Waals surface area (Å²) in [4.78, 5) is 32.3. The van der Waals surface area contributed by atoms with Crippen LogP contribution in [0.2, 0.25) is 0 Å². The van der Waals surface area contributed by atoms with Crippen LogP contribution in [0.5, 0.6) is 0 Å². The summed E-state index contributed by atoms with van der Waals surface area (Å²) in [5.74, 6) is 0.686. The second-order valence-electron chi connectivity index (χ2n) is 5.10. The summed E-state index contributed by atoms with van der Waals surface area (Å²) in [5, 5.41) is 0. The van der Waals surface area contributed by atoms with Gasteiger partial charge in [0.1, 0.15) is 0 Å². The van der Waals surface area contributed by atoms with Crippen LogP contribution < -0.4 is 10.5 Å². The third-order valence-electron chi connectivity index (χ3n) is 3.83. The predicted molar refractivity (Wildman–Crippen MR) is 81.0 cm³/mol. The van der Waals surface area contributed by atoms with Crippen LogP contribution >= 0.6 is 0 Å². The molecule has 7 nitrogen and oxygen atoms in total. The van der Waals surface area contributed by atoms with Crippen LogP contribution in [0.25, 0.3) is 0 Å². The van der Waals surface area contributed by atoms with E-state index in [4.69, 9.17) is 4.42 Å². The topological polar surface area (TPSA) is 71.6 Å². The fourth-order valence-electron chi connectivity index (χ4n) is 2.58. The van der Waals surface area contributed by atoms with Gasteiger partial charge in [0.2, 0.25) is 0 Å². The normalized spacial score (nSPS) is 15.1. The lowest BCUT2D eigenvalue weighted by molar-refractivity contribution is 0.0714. The fraction of sp³-hybridized carbons (Fsp3) is 0.400. The Morgan fingerprint density at radius 2 is 2.09 bits per heavy atom. The van der Waals surface area contributed by atoms with Crippen LogP contribution in [0.15, 0.2) is 40.0 Å². The molecule has 1 fully saturated rings. The number of anilines is 1. The van der Waals surface area contributed by atoms with Gasteiger partial charge in [-0.2, -0.15) is 0 Å². The Balaban J connectivity index is 1.70. The Labute approximate surface area is 127 Å². The SMILES string of the molecule is CCn1ccnc(N2CCN(C(=O)c3ccco3)CC2)c1=O. The first kappa shape index (κ1) is 14.4. The van der Waals surface area contributed by atoms with Gasteiger partial charge in [0.15, 0.2) is 11.6 Å². The summed E-state index contributed by atoms with van der Waals surface area (Å²) in [6.07, 6.45) is 4.81. The van der Waals surface area contributed by atoms with E-state index < -0.39 is 0 Å². The third kappa shape index (κ3) is 2.61. The summed E-state index contributed by atoms with van der Waals surface area (Å²) in [6.45, 7) is 4.80. The van der Waals surface area contributed by atoms with Crippen LogP contribution in [0.1, 0.15) is 17.5 Å². The number of nitrogens with zero attached hydrogens (tertiary/aromatic N) is 4. The zero-order valence-electron chi connectivity index (χ0n) is 12.4. The molecule has 2 aromatic heterocycles. The van der Waals surface area contributed by atoms with E-state index in [9.17, 15) is 9.59 Å². The monoisotopic (exact) mass is 302 g/mol. The zero-order chi connectivity index (χ0) is 15.5. The lowest BCUT2D eigenvalue weighted by atomic mass is 10.3. The quantitative estimate of drug-likeness (QED) is 0.839. The summed E-state index contributed by atoms with van der Waals surface area (Å²) >= 11 is 0. The number of aryl methyl sites for hydroxylation is 1. The molecule has 1 aliphatic heterocycles. The lowest BCUT2D eigenvalue weighted by Gasteiger charge is -2.34. The minimum atomic E-state index is -0.114. The van der Waals surface area contributed by atoms with Gasteiger partial charge in [-0.1, -0.05) is 0 Å². The average molecular weight is 302 g/mol. The van der Waals surface area contributed by atoms with E-state index in [0.717, 1.165) is 0 Å². The van der Waals surface area contributed by atoms with E-state index in [0.29, 0.717) is 44.3 Å². The number of piperazine rings is 1. The number of carbonyl (C=O) groups excluding carboxylic acids is 1. The number of carbonyl (C=O) groups is 1. The largest absolute Gasteiger partial charge is 0.459 e. The van der Waals surface area contributed by atoms with Gasteiger partial charge in [-0.25, -0.2) is 4.98 Å². The molecule has 0 atom stereocenters. The molecule has 7 heteroatoms. The molecular formula is C15H18N4O3. The second-order valence-corrected chi connectivity index (χ2v) is 5.10. The highest BCUT2D eigenvalue weighted by Gasteiger charge is 2.25. The molecule has 22 heavy (non-hydrogen) atoms. The molecule has 0 N–H and O–H groups in total. The van der Waals surface area contributed by atoms with Crippen LogP contribution in [-0.2, 0) is 6.54 Å². The Kier molecular flexibility index (Phi) is 3.95. The molecule has 0 radical (unpaired) electrons. The van der Waals surface area contributed by atoms with Crippen molar-refractivity contribution >= 4 is 11.7 Å². The Bertz CT molecular complexity index is 700. The van der Waals surface area contributed by atoms with Gasteiger partial charge in [0.05, 0.1) is 6.26 Å². The third-order valence-corrected chi connectivity index (χ3v) is 3.83. The van der Waals surface area contributed by atoms with E-state index in [1.165, 1.54) is 6.26 Å². The van der Waals surface area contributed by atoms with E-state index in [1.807, 2.05) is 11.8 Å². The van der Waals surface area contributed by atoms with Crippen LogP contribution in [0.3, 0.4) is 0 Å². The number of furan rings is 1. The maximum Gasteiger partial charge on any atom is 0.293 e. The van der Waals surface area contributed by atoms with Gasteiger partial charge in [-0.3, -0.25) is 9.59 Å². The Morgan fingerprint density at radius 3 is 2.73 bits per heavy atom. The van der Waals surface area contributed by atoms with Crippen molar-refractivity contribution in [3.63, 3.8) is 0 Å². The molecule has 0 saturated carbocycles. The first-order valence-corrected chi connectivity index (χ1v) is 7.34. The van der Waals surface area contributed by atoms with Gasteiger partial charge >= 0.3 is 0 Å². The molecule has 3 heterocycles. The highest BCUT2D eigenvalue weighted by molar-refractivity contribution is 5.91. The van der Waals surface area contributed by atoms with Crippen LogP contribution in [0, 0.1) is 0 Å². The first-order valence-electron chi connectivity index (χ1n) is 7.34. The fourth-order valence-corrected chi connectivity index (χ4v) is 2.58. The van der Waals surface area contributed by atoms with Gasteiger partial charge in [0, 0.05) is 45.1 Å². The summed E-state index contributed by atoms with van der Waals surface area (Å²) < 4.78 is 6.77. The minimum Gasteiger partial charge on any atom is -0.459 e. The molecule has 1 amide bonds. The van der Waals surface area contributed by atoms with Crippen LogP contribution in [-0.4, -0.2) is 46.5 Å². The molecule has 116 valence electrons. The predicted octanol–water partition coefficient (Wildman–Crippen LogP) is 0.819. The molecular weight excluding hydrogens is 284 g/mol. The lowest BCUT2D eigenvalue weighted by Crippen LogP contribution is -2.50. The second kappa shape index (κ2) is 6.05. The van der Waals surface area contributed by atoms with E-state index in [-0.39, 0.29) is 11.5 Å². The Hall–Kier alpha value is -2.57. The first-order chi connectivity index (χ1) is 10.7. The number of hydrogen-bond donors (Lipinski definition) is 0. The van der Waals surface area contributed by atoms with Crippen molar-refractivity contribution in [2.24, 2.45) is 0 Å². The number of rotatable bonds is 3. The van der Waals surface area contributed by atoms with Gasteiger partial charge in [-0.05, 0) is 19.1 Å². The standard InChI is InChI=1S/C15H18N4O3/c1-2-17-6-5-16-13(15(17)21)18-7-9-19(10-8-18)14(20)12-4-3-11-22-12/h3-6,11H,2,7-10H2,1H3. The molecule has 1 aliphatic rings. The zero-order valence-corrected chi connectivity index (χ0v) is 12.4. The molecule has 0 bridgehead atoms.